The summed E-state index contributed by atoms with van der Waals surface area (Å²) in [6.07, 6.45) is 0. The summed E-state index contributed by atoms with van der Waals surface area (Å²) in [5.74, 6) is -1.04. The van der Waals surface area contributed by atoms with Gasteiger partial charge >= 0.3 is 11.9 Å². The molecule has 0 saturated heterocycles. The van der Waals surface area contributed by atoms with Crippen LogP contribution in [0.2, 0.25) is 0 Å². The van der Waals surface area contributed by atoms with Crippen LogP contribution in [0.5, 0.6) is 0 Å². The molecule has 0 aliphatic carbocycles. The molecule has 2 rings (SSSR count). The zero-order chi connectivity index (χ0) is 12.4. The molecule has 1 aliphatic heterocycles. The Labute approximate surface area is 98.7 Å². The zero-order valence-electron chi connectivity index (χ0n) is 9.70. The fourth-order valence-electron chi connectivity index (χ4n) is 2.00. The second kappa shape index (κ2) is 4.55. The lowest BCUT2D eigenvalue weighted by molar-refractivity contribution is 0.0554. The lowest BCUT2D eigenvalue weighted by atomic mass is 9.97. The van der Waals surface area contributed by atoms with E-state index >= 15 is 0 Å². The minimum atomic E-state index is -0.528. The van der Waals surface area contributed by atoms with Crippen LogP contribution in [0.15, 0.2) is 12.1 Å². The van der Waals surface area contributed by atoms with Crippen LogP contribution >= 0.6 is 0 Å². The summed E-state index contributed by atoms with van der Waals surface area (Å²) in [6, 6.07) is 3.43. The molecule has 1 aliphatic rings. The maximum Gasteiger partial charge on any atom is 0.339 e. The number of ether oxygens (including phenoxy) is 2. The first-order valence-electron chi connectivity index (χ1n) is 5.21. The van der Waals surface area contributed by atoms with Gasteiger partial charge in [-0.1, -0.05) is 6.07 Å². The van der Waals surface area contributed by atoms with Gasteiger partial charge in [0.25, 0.3) is 0 Å². The van der Waals surface area contributed by atoms with Crippen LogP contribution in [0.1, 0.15) is 31.8 Å². The predicted molar refractivity (Wildman–Crippen MR) is 59.7 cm³/mol. The van der Waals surface area contributed by atoms with Gasteiger partial charge in [-0.05, 0) is 17.2 Å². The maximum absolute atomic E-state index is 11.8. The quantitative estimate of drug-likeness (QED) is 0.770. The number of esters is 2. The van der Waals surface area contributed by atoms with E-state index in [0.717, 1.165) is 11.1 Å². The van der Waals surface area contributed by atoms with Gasteiger partial charge in [-0.25, -0.2) is 9.59 Å². The molecule has 0 fully saturated rings. The van der Waals surface area contributed by atoms with E-state index in [0.29, 0.717) is 18.7 Å². The smallest absolute Gasteiger partial charge is 0.339 e. The molecule has 1 aromatic carbocycles. The molecule has 1 N–H and O–H groups in total. The van der Waals surface area contributed by atoms with Crippen LogP contribution in [-0.2, 0) is 22.6 Å². The van der Waals surface area contributed by atoms with Crippen LogP contribution in [-0.4, -0.2) is 26.2 Å². The van der Waals surface area contributed by atoms with Gasteiger partial charge in [0, 0.05) is 13.1 Å². The molecule has 0 bridgehead atoms. The SMILES string of the molecule is COC(=O)c1ccc2c(c1C(=O)OC)CNC2. The van der Waals surface area contributed by atoms with Crippen molar-refractivity contribution in [2.45, 2.75) is 13.1 Å². The summed E-state index contributed by atoms with van der Waals surface area (Å²) in [7, 11) is 2.58. The maximum atomic E-state index is 11.8. The molecule has 0 spiro atoms. The average Bonchev–Trinajstić information content (AvgIpc) is 2.83. The van der Waals surface area contributed by atoms with E-state index in [1.54, 1.807) is 6.07 Å². The molecule has 0 radical (unpaired) electrons. The molecule has 0 saturated carbocycles. The van der Waals surface area contributed by atoms with Crippen molar-refractivity contribution in [2.24, 2.45) is 0 Å². The standard InChI is InChI=1S/C12H13NO4/c1-16-11(14)8-4-3-7-5-13-6-9(7)10(8)12(15)17-2/h3-4,13H,5-6H2,1-2H3. The molecule has 1 heterocycles. The first kappa shape index (κ1) is 11.6. The largest absolute Gasteiger partial charge is 0.465 e. The van der Waals surface area contributed by atoms with Crippen molar-refractivity contribution in [2.75, 3.05) is 14.2 Å². The zero-order valence-corrected chi connectivity index (χ0v) is 9.70. The highest BCUT2D eigenvalue weighted by atomic mass is 16.5. The molecule has 90 valence electrons. The highest BCUT2D eigenvalue weighted by Gasteiger charge is 2.26. The Bertz CT molecular complexity index is 482. The second-order valence-corrected chi connectivity index (χ2v) is 3.71. The van der Waals surface area contributed by atoms with Crippen molar-refractivity contribution in [3.63, 3.8) is 0 Å². The number of benzene rings is 1. The molecule has 0 aromatic heterocycles. The minimum absolute atomic E-state index is 0.252. The average molecular weight is 235 g/mol. The van der Waals surface area contributed by atoms with E-state index in [4.69, 9.17) is 4.74 Å². The van der Waals surface area contributed by atoms with Crippen LogP contribution in [0.3, 0.4) is 0 Å². The number of rotatable bonds is 2. The van der Waals surface area contributed by atoms with Crippen molar-refractivity contribution in [3.05, 3.63) is 34.4 Å². The third kappa shape index (κ3) is 1.89. The summed E-state index contributed by atoms with van der Waals surface area (Å²) in [4.78, 5) is 23.4. The van der Waals surface area contributed by atoms with E-state index in [1.807, 2.05) is 6.07 Å². The minimum Gasteiger partial charge on any atom is -0.465 e. The summed E-state index contributed by atoms with van der Waals surface area (Å²) < 4.78 is 9.39. The number of fused-ring (bicyclic) bond motifs is 1. The van der Waals surface area contributed by atoms with Gasteiger partial charge in [0.15, 0.2) is 0 Å². The van der Waals surface area contributed by atoms with Gasteiger partial charge < -0.3 is 14.8 Å². The number of hydrogen-bond acceptors (Lipinski definition) is 5. The normalized spacial score (nSPS) is 13.1. The highest BCUT2D eigenvalue weighted by molar-refractivity contribution is 6.04. The van der Waals surface area contributed by atoms with Crippen molar-refractivity contribution in [1.82, 2.24) is 5.32 Å². The van der Waals surface area contributed by atoms with E-state index < -0.39 is 11.9 Å². The van der Waals surface area contributed by atoms with E-state index in [9.17, 15) is 9.59 Å². The Morgan fingerprint density at radius 2 is 1.82 bits per heavy atom. The monoisotopic (exact) mass is 235 g/mol. The number of carbonyl (C=O) groups excluding carboxylic acids is 2. The molecule has 5 heteroatoms. The summed E-state index contributed by atoms with van der Waals surface area (Å²) in [6.45, 7) is 1.26. The van der Waals surface area contributed by atoms with Crippen molar-refractivity contribution < 1.29 is 19.1 Å². The van der Waals surface area contributed by atoms with Gasteiger partial charge in [-0.15, -0.1) is 0 Å². The van der Waals surface area contributed by atoms with Gasteiger partial charge in [-0.2, -0.15) is 0 Å². The van der Waals surface area contributed by atoms with E-state index in [1.165, 1.54) is 14.2 Å². The first-order valence-corrected chi connectivity index (χ1v) is 5.21. The second-order valence-electron chi connectivity index (χ2n) is 3.71. The van der Waals surface area contributed by atoms with Crippen LogP contribution in [0.25, 0.3) is 0 Å². The summed E-state index contributed by atoms with van der Waals surface area (Å²) >= 11 is 0. The van der Waals surface area contributed by atoms with Gasteiger partial charge in [0.05, 0.1) is 25.3 Å². The fraction of sp³-hybridized carbons (Fsp3) is 0.333. The van der Waals surface area contributed by atoms with Crippen molar-refractivity contribution >= 4 is 11.9 Å². The summed E-state index contributed by atoms with van der Waals surface area (Å²) in [5, 5.41) is 3.13. The predicted octanol–water partition coefficient (Wildman–Crippen LogP) is 0.863. The van der Waals surface area contributed by atoms with Crippen LogP contribution in [0.4, 0.5) is 0 Å². The molecule has 17 heavy (non-hydrogen) atoms. The van der Waals surface area contributed by atoms with Gasteiger partial charge in [-0.3, -0.25) is 0 Å². The summed E-state index contributed by atoms with van der Waals surface area (Å²) in [5.41, 5.74) is 2.39. The van der Waals surface area contributed by atoms with Crippen molar-refractivity contribution in [3.8, 4) is 0 Å². The lowest BCUT2D eigenvalue weighted by Crippen LogP contribution is -2.15. The number of nitrogens with one attached hydrogen (secondary N) is 1. The molecular formula is C12H13NO4. The Balaban J connectivity index is 2.60. The molecule has 0 atom stereocenters. The number of carbonyl (C=O) groups is 2. The van der Waals surface area contributed by atoms with Gasteiger partial charge in [0.2, 0.25) is 0 Å². The van der Waals surface area contributed by atoms with Gasteiger partial charge in [0.1, 0.15) is 0 Å². The molecule has 5 nitrogen and oxygen atoms in total. The fourth-order valence-corrected chi connectivity index (χ4v) is 2.00. The third-order valence-corrected chi connectivity index (χ3v) is 2.82. The van der Waals surface area contributed by atoms with Crippen LogP contribution in [0, 0.1) is 0 Å². The molecule has 0 unspecified atom stereocenters. The Morgan fingerprint density at radius 1 is 1.12 bits per heavy atom. The van der Waals surface area contributed by atoms with E-state index in [2.05, 4.69) is 10.1 Å². The Hall–Kier alpha value is -1.88. The highest BCUT2D eigenvalue weighted by Crippen LogP contribution is 2.24. The molecule has 0 amide bonds. The van der Waals surface area contributed by atoms with Crippen LogP contribution < -0.4 is 5.32 Å². The topological polar surface area (TPSA) is 64.6 Å². The number of hydrogen-bond donors (Lipinski definition) is 1. The Morgan fingerprint density at radius 3 is 2.47 bits per heavy atom. The Kier molecular flexibility index (Phi) is 3.10. The lowest BCUT2D eigenvalue weighted by Gasteiger charge is -2.10. The third-order valence-electron chi connectivity index (χ3n) is 2.82. The number of methoxy groups -OCH3 is 2. The van der Waals surface area contributed by atoms with E-state index in [-0.39, 0.29) is 5.56 Å². The van der Waals surface area contributed by atoms with Crippen molar-refractivity contribution in [1.29, 1.82) is 0 Å². The molecule has 1 aromatic rings. The molecular weight excluding hydrogens is 222 g/mol. The first-order chi connectivity index (χ1) is 8.19.